The SMILES string of the molecule is CC(C)N1CC2CC(N)CC(C1)N2C. The summed E-state index contributed by atoms with van der Waals surface area (Å²) in [5, 5.41) is 0. The lowest BCUT2D eigenvalue weighted by atomic mass is 9.88. The fourth-order valence-electron chi connectivity index (χ4n) is 2.87. The average Bonchev–Trinajstić information content (AvgIpc) is 2.06. The fourth-order valence-corrected chi connectivity index (χ4v) is 2.87. The Morgan fingerprint density at radius 2 is 1.64 bits per heavy atom. The monoisotopic (exact) mass is 197 g/mol. The molecule has 2 unspecified atom stereocenters. The Morgan fingerprint density at radius 1 is 1.14 bits per heavy atom. The van der Waals surface area contributed by atoms with Crippen molar-refractivity contribution in [3.05, 3.63) is 0 Å². The third-order valence-electron chi connectivity index (χ3n) is 3.92. The van der Waals surface area contributed by atoms with E-state index in [4.69, 9.17) is 5.73 Å². The number of hydrogen-bond acceptors (Lipinski definition) is 3. The van der Waals surface area contributed by atoms with Gasteiger partial charge in [0.2, 0.25) is 0 Å². The van der Waals surface area contributed by atoms with E-state index in [1.165, 1.54) is 25.9 Å². The molecule has 2 rings (SSSR count). The Morgan fingerprint density at radius 3 is 2.07 bits per heavy atom. The van der Waals surface area contributed by atoms with E-state index in [0.29, 0.717) is 24.2 Å². The second-order valence-corrected chi connectivity index (χ2v) is 5.25. The van der Waals surface area contributed by atoms with Crippen molar-refractivity contribution in [2.24, 2.45) is 5.73 Å². The Bertz CT molecular complexity index is 189. The molecule has 0 saturated carbocycles. The van der Waals surface area contributed by atoms with Crippen LogP contribution in [0.4, 0.5) is 0 Å². The fraction of sp³-hybridized carbons (Fsp3) is 1.00. The van der Waals surface area contributed by atoms with Crippen LogP contribution in [0.1, 0.15) is 26.7 Å². The van der Waals surface area contributed by atoms with Crippen LogP contribution in [0.15, 0.2) is 0 Å². The Hall–Kier alpha value is -0.120. The van der Waals surface area contributed by atoms with Crippen LogP contribution in [-0.2, 0) is 0 Å². The zero-order valence-electron chi connectivity index (χ0n) is 9.61. The van der Waals surface area contributed by atoms with Crippen molar-refractivity contribution in [2.75, 3.05) is 20.1 Å². The van der Waals surface area contributed by atoms with E-state index in [-0.39, 0.29) is 0 Å². The number of nitrogens with two attached hydrogens (primary N) is 1. The van der Waals surface area contributed by atoms with Crippen molar-refractivity contribution in [2.45, 2.75) is 50.9 Å². The van der Waals surface area contributed by atoms with Crippen LogP contribution in [0.3, 0.4) is 0 Å². The van der Waals surface area contributed by atoms with Gasteiger partial charge >= 0.3 is 0 Å². The van der Waals surface area contributed by atoms with Crippen LogP contribution in [0.2, 0.25) is 0 Å². The number of hydrogen-bond donors (Lipinski definition) is 1. The number of likely N-dealkylation sites (N-methyl/N-ethyl adjacent to an activating group) is 1. The van der Waals surface area contributed by atoms with Gasteiger partial charge in [-0.2, -0.15) is 0 Å². The molecule has 2 aliphatic rings. The highest BCUT2D eigenvalue weighted by atomic mass is 15.3. The summed E-state index contributed by atoms with van der Waals surface area (Å²) in [7, 11) is 2.26. The summed E-state index contributed by atoms with van der Waals surface area (Å²) in [6.07, 6.45) is 2.35. The van der Waals surface area contributed by atoms with Crippen LogP contribution >= 0.6 is 0 Å². The first kappa shape index (κ1) is 10.4. The topological polar surface area (TPSA) is 32.5 Å². The molecule has 2 aliphatic heterocycles. The number of fused-ring (bicyclic) bond motifs is 2. The van der Waals surface area contributed by atoms with Gasteiger partial charge in [-0.1, -0.05) is 0 Å². The Balaban J connectivity index is 2.05. The van der Waals surface area contributed by atoms with Crippen molar-refractivity contribution in [1.82, 2.24) is 9.80 Å². The largest absolute Gasteiger partial charge is 0.328 e. The smallest absolute Gasteiger partial charge is 0.0238 e. The zero-order valence-corrected chi connectivity index (χ0v) is 9.61. The number of piperazine rings is 1. The number of likely N-dealkylation sites (tertiary alicyclic amines) is 1. The summed E-state index contributed by atoms with van der Waals surface area (Å²) in [6, 6.07) is 2.51. The van der Waals surface area contributed by atoms with Crippen LogP contribution in [0.5, 0.6) is 0 Å². The van der Waals surface area contributed by atoms with E-state index in [9.17, 15) is 0 Å². The molecule has 0 spiro atoms. The second-order valence-electron chi connectivity index (χ2n) is 5.25. The van der Waals surface area contributed by atoms with E-state index in [2.05, 4.69) is 30.7 Å². The first-order chi connectivity index (χ1) is 6.58. The summed E-state index contributed by atoms with van der Waals surface area (Å²) >= 11 is 0. The average molecular weight is 197 g/mol. The van der Waals surface area contributed by atoms with Gasteiger partial charge in [0.15, 0.2) is 0 Å². The molecule has 0 aromatic rings. The van der Waals surface area contributed by atoms with E-state index < -0.39 is 0 Å². The highest BCUT2D eigenvalue weighted by Crippen LogP contribution is 2.27. The van der Waals surface area contributed by atoms with Crippen LogP contribution in [-0.4, -0.2) is 54.1 Å². The lowest BCUT2D eigenvalue weighted by Gasteiger charge is -2.51. The first-order valence-corrected chi connectivity index (χ1v) is 5.79. The third kappa shape index (κ3) is 1.81. The highest BCUT2D eigenvalue weighted by molar-refractivity contribution is 4.96. The standard InChI is InChI=1S/C11H23N3/c1-8(2)14-6-10-4-9(12)5-11(7-14)13(10)3/h8-11H,4-7,12H2,1-3H3. The van der Waals surface area contributed by atoms with Crippen LogP contribution in [0, 0.1) is 0 Å². The molecule has 0 aromatic heterocycles. The molecule has 2 fully saturated rings. The predicted octanol–water partition coefficient (Wildman–Crippen LogP) is 0.501. The third-order valence-corrected chi connectivity index (χ3v) is 3.92. The molecule has 0 radical (unpaired) electrons. The van der Waals surface area contributed by atoms with Crippen molar-refractivity contribution in [1.29, 1.82) is 0 Å². The lowest BCUT2D eigenvalue weighted by molar-refractivity contribution is -0.00933. The first-order valence-electron chi connectivity index (χ1n) is 5.79. The summed E-state index contributed by atoms with van der Waals surface area (Å²) in [6.45, 7) is 7.00. The van der Waals surface area contributed by atoms with Gasteiger partial charge in [-0.25, -0.2) is 0 Å². The summed E-state index contributed by atoms with van der Waals surface area (Å²) in [5.74, 6) is 0. The van der Waals surface area contributed by atoms with Gasteiger partial charge in [0.1, 0.15) is 0 Å². The van der Waals surface area contributed by atoms with Gasteiger partial charge in [-0.3, -0.25) is 9.80 Å². The Labute approximate surface area is 87.2 Å². The molecular weight excluding hydrogens is 174 g/mol. The van der Waals surface area contributed by atoms with Crippen molar-refractivity contribution in [3.63, 3.8) is 0 Å². The molecule has 14 heavy (non-hydrogen) atoms. The van der Waals surface area contributed by atoms with E-state index in [1.807, 2.05) is 0 Å². The van der Waals surface area contributed by atoms with E-state index in [1.54, 1.807) is 0 Å². The molecule has 2 bridgehead atoms. The maximum atomic E-state index is 6.06. The molecular formula is C11H23N3. The quantitative estimate of drug-likeness (QED) is 0.664. The van der Waals surface area contributed by atoms with E-state index in [0.717, 1.165) is 0 Å². The summed E-state index contributed by atoms with van der Waals surface area (Å²) in [4.78, 5) is 5.14. The lowest BCUT2D eigenvalue weighted by Crippen LogP contribution is -2.63. The van der Waals surface area contributed by atoms with Gasteiger partial charge in [-0.15, -0.1) is 0 Å². The molecule has 0 aliphatic carbocycles. The minimum absolute atomic E-state index is 0.440. The number of nitrogens with zero attached hydrogens (tertiary/aromatic N) is 2. The van der Waals surface area contributed by atoms with Gasteiger partial charge in [-0.05, 0) is 33.7 Å². The number of rotatable bonds is 1. The van der Waals surface area contributed by atoms with Crippen LogP contribution in [0.25, 0.3) is 0 Å². The minimum atomic E-state index is 0.440. The normalized spacial score (nSPS) is 40.5. The molecule has 0 aromatic carbocycles. The number of piperidine rings is 1. The zero-order chi connectivity index (χ0) is 10.3. The molecule has 3 heteroatoms. The molecule has 2 heterocycles. The maximum Gasteiger partial charge on any atom is 0.0238 e. The molecule has 0 amide bonds. The van der Waals surface area contributed by atoms with Crippen molar-refractivity contribution < 1.29 is 0 Å². The highest BCUT2D eigenvalue weighted by Gasteiger charge is 2.38. The molecule has 2 saturated heterocycles. The molecule has 3 nitrogen and oxygen atoms in total. The van der Waals surface area contributed by atoms with Gasteiger partial charge < -0.3 is 5.73 Å². The maximum absolute atomic E-state index is 6.06. The molecule has 82 valence electrons. The summed E-state index contributed by atoms with van der Waals surface area (Å²) in [5.41, 5.74) is 6.06. The van der Waals surface area contributed by atoms with Crippen LogP contribution < -0.4 is 5.73 Å². The van der Waals surface area contributed by atoms with Gasteiger partial charge in [0, 0.05) is 37.3 Å². The van der Waals surface area contributed by atoms with Gasteiger partial charge in [0.25, 0.3) is 0 Å². The molecule has 2 N–H and O–H groups in total. The Kier molecular flexibility index (Phi) is 2.82. The predicted molar refractivity (Wildman–Crippen MR) is 59.3 cm³/mol. The molecule has 2 atom stereocenters. The van der Waals surface area contributed by atoms with Crippen molar-refractivity contribution >= 4 is 0 Å². The second kappa shape index (κ2) is 3.80. The summed E-state index contributed by atoms with van der Waals surface area (Å²) < 4.78 is 0. The minimum Gasteiger partial charge on any atom is -0.328 e. The van der Waals surface area contributed by atoms with E-state index >= 15 is 0 Å². The van der Waals surface area contributed by atoms with Crippen molar-refractivity contribution in [3.8, 4) is 0 Å². The van der Waals surface area contributed by atoms with Gasteiger partial charge in [0.05, 0.1) is 0 Å².